The lowest BCUT2D eigenvalue weighted by Gasteiger charge is -2.38. The fourth-order valence-electron chi connectivity index (χ4n) is 2.47. The van der Waals surface area contributed by atoms with Crippen molar-refractivity contribution in [3.8, 4) is 0 Å². The van der Waals surface area contributed by atoms with E-state index in [9.17, 15) is 19.3 Å². The van der Waals surface area contributed by atoms with Crippen LogP contribution in [0.2, 0.25) is 0 Å². The second kappa shape index (κ2) is 5.31. The van der Waals surface area contributed by atoms with Crippen LogP contribution in [-0.2, 0) is 0 Å². The molecule has 0 radical (unpaired) electrons. The number of benzene rings is 1. The van der Waals surface area contributed by atoms with Gasteiger partial charge in [0.2, 0.25) is 0 Å². The van der Waals surface area contributed by atoms with Gasteiger partial charge in [0.1, 0.15) is 11.5 Å². The monoisotopic (exact) mass is 296 g/mol. The predicted octanol–water partition coefficient (Wildman–Crippen LogP) is 3.06. The predicted molar refractivity (Wildman–Crippen MR) is 75.2 cm³/mol. The number of carbonyl (C=O) groups is 1. The molecule has 1 fully saturated rings. The van der Waals surface area contributed by atoms with Crippen molar-refractivity contribution in [3.63, 3.8) is 0 Å². The van der Waals surface area contributed by atoms with Crippen molar-refractivity contribution < 1.29 is 19.2 Å². The fraction of sp³-hybridized carbons (Fsp3) is 0.500. The summed E-state index contributed by atoms with van der Waals surface area (Å²) in [6.07, 6.45) is 1.67. The zero-order chi connectivity index (χ0) is 15.8. The lowest BCUT2D eigenvalue weighted by Crippen LogP contribution is -2.37. The van der Waals surface area contributed by atoms with Crippen LogP contribution in [0.5, 0.6) is 0 Å². The average Bonchev–Trinajstić information content (AvgIpc) is 2.38. The molecule has 6 nitrogen and oxygen atoms in total. The third kappa shape index (κ3) is 3.12. The summed E-state index contributed by atoms with van der Waals surface area (Å²) in [7, 11) is 0. The van der Waals surface area contributed by atoms with Gasteiger partial charge in [-0.2, -0.15) is 0 Å². The van der Waals surface area contributed by atoms with E-state index in [0.29, 0.717) is 19.2 Å². The van der Waals surface area contributed by atoms with Gasteiger partial charge in [0.15, 0.2) is 0 Å². The molecular weight excluding hydrogens is 279 g/mol. The molecule has 1 saturated heterocycles. The van der Waals surface area contributed by atoms with Crippen LogP contribution in [0.4, 0.5) is 15.8 Å². The molecule has 2 rings (SSSR count). The summed E-state index contributed by atoms with van der Waals surface area (Å²) in [6, 6.07) is 1.76. The number of carboxylic acid groups (broad SMARTS) is 1. The maximum atomic E-state index is 13.6. The molecule has 1 aliphatic rings. The number of nitro groups is 1. The van der Waals surface area contributed by atoms with Crippen molar-refractivity contribution in [1.82, 2.24) is 0 Å². The standard InChI is InChI=1S/C14H17FN2O4/c1-14(2)3-5-16(6-4-14)11-7-9(13(18)19)10(15)8-12(11)17(20)21/h7-8H,3-6H2,1-2H3,(H,18,19). The van der Waals surface area contributed by atoms with Crippen molar-refractivity contribution in [3.05, 3.63) is 33.6 Å². The smallest absolute Gasteiger partial charge is 0.338 e. The molecule has 1 aromatic rings. The molecule has 0 amide bonds. The number of nitro benzene ring substituents is 1. The van der Waals surface area contributed by atoms with Crippen molar-refractivity contribution in [1.29, 1.82) is 0 Å². The molecule has 0 atom stereocenters. The van der Waals surface area contributed by atoms with Crippen LogP contribution in [0, 0.1) is 21.3 Å². The summed E-state index contributed by atoms with van der Waals surface area (Å²) in [4.78, 5) is 23.2. The van der Waals surface area contributed by atoms with E-state index in [1.807, 2.05) is 0 Å². The van der Waals surface area contributed by atoms with Crippen LogP contribution in [0.1, 0.15) is 37.0 Å². The zero-order valence-electron chi connectivity index (χ0n) is 11.9. The lowest BCUT2D eigenvalue weighted by molar-refractivity contribution is -0.384. The highest BCUT2D eigenvalue weighted by Gasteiger charge is 2.30. The van der Waals surface area contributed by atoms with Gasteiger partial charge >= 0.3 is 5.97 Å². The summed E-state index contributed by atoms with van der Waals surface area (Å²) >= 11 is 0. The van der Waals surface area contributed by atoms with Crippen LogP contribution in [0.25, 0.3) is 0 Å². The highest BCUT2D eigenvalue weighted by atomic mass is 19.1. The second-order valence-corrected chi connectivity index (χ2v) is 6.03. The SMILES string of the molecule is CC1(C)CCN(c2cc(C(=O)O)c(F)cc2[N+](=O)[O-])CC1. The lowest BCUT2D eigenvalue weighted by atomic mass is 9.82. The minimum Gasteiger partial charge on any atom is -0.478 e. The Balaban J connectivity index is 2.43. The number of piperidine rings is 1. The number of halogens is 1. The van der Waals surface area contributed by atoms with E-state index < -0.39 is 28.0 Å². The van der Waals surface area contributed by atoms with E-state index in [1.54, 1.807) is 4.90 Å². The van der Waals surface area contributed by atoms with Crippen LogP contribution in [0.3, 0.4) is 0 Å². The van der Waals surface area contributed by atoms with Gasteiger partial charge < -0.3 is 10.0 Å². The van der Waals surface area contributed by atoms with Gasteiger partial charge in [0.25, 0.3) is 5.69 Å². The maximum absolute atomic E-state index is 13.6. The molecule has 1 heterocycles. The van der Waals surface area contributed by atoms with Gasteiger partial charge in [0.05, 0.1) is 16.6 Å². The number of aromatic carboxylic acids is 1. The molecule has 0 aliphatic carbocycles. The number of rotatable bonds is 3. The van der Waals surface area contributed by atoms with E-state index in [1.165, 1.54) is 0 Å². The highest BCUT2D eigenvalue weighted by Crippen LogP contribution is 2.37. The van der Waals surface area contributed by atoms with Crippen LogP contribution >= 0.6 is 0 Å². The van der Waals surface area contributed by atoms with Crippen LogP contribution in [0.15, 0.2) is 12.1 Å². The summed E-state index contributed by atoms with van der Waals surface area (Å²) in [5.41, 5.74) is -0.604. The van der Waals surface area contributed by atoms with Gasteiger partial charge in [-0.3, -0.25) is 10.1 Å². The number of carboxylic acids is 1. The molecule has 0 spiro atoms. The van der Waals surface area contributed by atoms with Gasteiger partial charge in [-0.15, -0.1) is 0 Å². The van der Waals surface area contributed by atoms with Gasteiger partial charge in [-0.1, -0.05) is 13.8 Å². The molecule has 1 aliphatic heterocycles. The van der Waals surface area contributed by atoms with Crippen molar-refractivity contribution in [2.75, 3.05) is 18.0 Å². The number of nitrogens with zero attached hydrogens (tertiary/aromatic N) is 2. The molecule has 21 heavy (non-hydrogen) atoms. The van der Waals surface area contributed by atoms with Crippen molar-refractivity contribution in [2.24, 2.45) is 5.41 Å². The van der Waals surface area contributed by atoms with Gasteiger partial charge in [0, 0.05) is 13.1 Å². The van der Waals surface area contributed by atoms with E-state index in [0.717, 1.165) is 18.9 Å². The molecule has 0 aromatic heterocycles. The Bertz CT molecular complexity index is 591. The summed E-state index contributed by atoms with van der Waals surface area (Å²) < 4.78 is 13.6. The Morgan fingerprint density at radius 3 is 2.43 bits per heavy atom. The molecule has 114 valence electrons. The second-order valence-electron chi connectivity index (χ2n) is 6.03. The molecule has 0 bridgehead atoms. The van der Waals surface area contributed by atoms with E-state index in [-0.39, 0.29) is 11.1 Å². The third-order valence-electron chi connectivity index (χ3n) is 3.95. The fourth-order valence-corrected chi connectivity index (χ4v) is 2.47. The van der Waals surface area contributed by atoms with Crippen molar-refractivity contribution >= 4 is 17.3 Å². The Kier molecular flexibility index (Phi) is 3.85. The Labute approximate surface area is 121 Å². The quantitative estimate of drug-likeness (QED) is 0.684. The number of hydrogen-bond acceptors (Lipinski definition) is 4. The average molecular weight is 296 g/mol. The zero-order valence-corrected chi connectivity index (χ0v) is 11.9. The molecule has 1 N–H and O–H groups in total. The molecule has 0 unspecified atom stereocenters. The highest BCUT2D eigenvalue weighted by molar-refractivity contribution is 5.90. The minimum absolute atomic E-state index is 0.154. The largest absolute Gasteiger partial charge is 0.478 e. The van der Waals surface area contributed by atoms with Gasteiger partial charge in [-0.05, 0) is 24.3 Å². The molecule has 7 heteroatoms. The maximum Gasteiger partial charge on any atom is 0.338 e. The van der Waals surface area contributed by atoms with E-state index >= 15 is 0 Å². The van der Waals surface area contributed by atoms with E-state index in [4.69, 9.17) is 5.11 Å². The topological polar surface area (TPSA) is 83.7 Å². The van der Waals surface area contributed by atoms with Crippen LogP contribution < -0.4 is 4.90 Å². The number of anilines is 1. The summed E-state index contributed by atoms with van der Waals surface area (Å²) in [5.74, 6) is -2.52. The Hall–Kier alpha value is -2.18. The number of hydrogen-bond donors (Lipinski definition) is 1. The first-order chi connectivity index (χ1) is 9.71. The van der Waals surface area contributed by atoms with Crippen molar-refractivity contribution in [2.45, 2.75) is 26.7 Å². The van der Waals surface area contributed by atoms with Gasteiger partial charge in [-0.25, -0.2) is 9.18 Å². The molecule has 1 aromatic carbocycles. The third-order valence-corrected chi connectivity index (χ3v) is 3.95. The van der Waals surface area contributed by atoms with E-state index in [2.05, 4.69) is 13.8 Å². The Morgan fingerprint density at radius 1 is 1.38 bits per heavy atom. The molecule has 0 saturated carbocycles. The summed E-state index contributed by atoms with van der Waals surface area (Å²) in [6.45, 7) is 5.40. The Morgan fingerprint density at radius 2 is 1.95 bits per heavy atom. The normalized spacial score (nSPS) is 17.6. The first-order valence-corrected chi connectivity index (χ1v) is 6.67. The first-order valence-electron chi connectivity index (χ1n) is 6.67. The summed E-state index contributed by atoms with van der Waals surface area (Å²) in [5, 5.41) is 20.1. The molecular formula is C14H17FN2O4. The van der Waals surface area contributed by atoms with Crippen LogP contribution in [-0.4, -0.2) is 29.1 Å². The minimum atomic E-state index is -1.43. The first kappa shape index (κ1) is 15.2.